The van der Waals surface area contributed by atoms with E-state index in [4.69, 9.17) is 14.9 Å². The van der Waals surface area contributed by atoms with Crippen LogP contribution in [0.25, 0.3) is 11.0 Å². The van der Waals surface area contributed by atoms with Gasteiger partial charge in [-0.2, -0.15) is 0 Å². The van der Waals surface area contributed by atoms with Crippen LogP contribution < -0.4 is 10.5 Å². The SMILES string of the molecule is COc1ccc2oc(C(C)N)cc2c1. The molecule has 2 N–H and O–H groups in total. The lowest BCUT2D eigenvalue weighted by molar-refractivity contribution is 0.415. The molecule has 0 aliphatic carbocycles. The Hall–Kier alpha value is -1.48. The van der Waals surface area contributed by atoms with Crippen LogP contribution in [-0.2, 0) is 0 Å². The molecule has 0 spiro atoms. The van der Waals surface area contributed by atoms with Gasteiger partial charge in [0.05, 0.1) is 13.2 Å². The first-order valence-electron chi connectivity index (χ1n) is 4.54. The molecular weight excluding hydrogens is 178 g/mol. The summed E-state index contributed by atoms with van der Waals surface area (Å²) in [5, 5.41) is 1.02. The molecule has 0 amide bonds. The van der Waals surface area contributed by atoms with Crippen LogP contribution >= 0.6 is 0 Å². The van der Waals surface area contributed by atoms with Gasteiger partial charge in [0.25, 0.3) is 0 Å². The van der Waals surface area contributed by atoms with Crippen molar-refractivity contribution in [2.45, 2.75) is 13.0 Å². The number of ether oxygens (including phenoxy) is 1. The molecule has 0 aliphatic heterocycles. The van der Waals surface area contributed by atoms with Gasteiger partial charge in [-0.3, -0.25) is 0 Å². The first kappa shape index (κ1) is 9.09. The van der Waals surface area contributed by atoms with Crippen LogP contribution in [0.15, 0.2) is 28.7 Å². The van der Waals surface area contributed by atoms with E-state index >= 15 is 0 Å². The molecule has 2 aromatic rings. The Morgan fingerprint density at radius 3 is 2.79 bits per heavy atom. The lowest BCUT2D eigenvalue weighted by Gasteiger charge is -1.97. The highest BCUT2D eigenvalue weighted by Crippen LogP contribution is 2.26. The molecule has 1 heterocycles. The van der Waals surface area contributed by atoms with Crippen molar-refractivity contribution >= 4 is 11.0 Å². The van der Waals surface area contributed by atoms with E-state index < -0.39 is 0 Å². The number of furan rings is 1. The summed E-state index contributed by atoms with van der Waals surface area (Å²) in [6, 6.07) is 7.57. The smallest absolute Gasteiger partial charge is 0.134 e. The molecule has 1 unspecified atom stereocenters. The fourth-order valence-corrected chi connectivity index (χ4v) is 1.39. The van der Waals surface area contributed by atoms with Gasteiger partial charge in [0.15, 0.2) is 0 Å². The second kappa shape index (κ2) is 3.35. The van der Waals surface area contributed by atoms with Gasteiger partial charge in [0, 0.05) is 5.39 Å². The Labute approximate surface area is 82.5 Å². The second-order valence-electron chi connectivity index (χ2n) is 3.34. The van der Waals surface area contributed by atoms with E-state index in [0.29, 0.717) is 0 Å². The third-order valence-electron chi connectivity index (χ3n) is 2.19. The molecule has 2 rings (SSSR count). The lowest BCUT2D eigenvalue weighted by Crippen LogP contribution is -2.02. The summed E-state index contributed by atoms with van der Waals surface area (Å²) in [6.45, 7) is 1.90. The van der Waals surface area contributed by atoms with Gasteiger partial charge in [-0.25, -0.2) is 0 Å². The quantitative estimate of drug-likeness (QED) is 0.793. The van der Waals surface area contributed by atoms with Crippen molar-refractivity contribution in [3.05, 3.63) is 30.0 Å². The molecule has 0 aliphatic rings. The average molecular weight is 191 g/mol. The number of methoxy groups -OCH3 is 1. The van der Waals surface area contributed by atoms with Gasteiger partial charge < -0.3 is 14.9 Å². The van der Waals surface area contributed by atoms with Crippen LogP contribution in [0.4, 0.5) is 0 Å². The van der Waals surface area contributed by atoms with Crippen molar-refractivity contribution in [2.75, 3.05) is 7.11 Å². The molecule has 0 fully saturated rings. The molecule has 1 atom stereocenters. The fraction of sp³-hybridized carbons (Fsp3) is 0.273. The van der Waals surface area contributed by atoms with Gasteiger partial charge in [0.1, 0.15) is 17.1 Å². The van der Waals surface area contributed by atoms with Crippen molar-refractivity contribution in [3.8, 4) is 5.75 Å². The molecule has 1 aromatic heterocycles. The fourth-order valence-electron chi connectivity index (χ4n) is 1.39. The average Bonchev–Trinajstić information content (AvgIpc) is 2.59. The number of hydrogen-bond acceptors (Lipinski definition) is 3. The first-order valence-corrected chi connectivity index (χ1v) is 4.54. The zero-order valence-electron chi connectivity index (χ0n) is 8.28. The van der Waals surface area contributed by atoms with Crippen molar-refractivity contribution in [1.82, 2.24) is 0 Å². The van der Waals surface area contributed by atoms with Crippen LogP contribution in [0.1, 0.15) is 18.7 Å². The molecule has 0 saturated carbocycles. The Kier molecular flexibility index (Phi) is 2.17. The Morgan fingerprint density at radius 1 is 1.36 bits per heavy atom. The van der Waals surface area contributed by atoms with Crippen LogP contribution in [0.3, 0.4) is 0 Å². The van der Waals surface area contributed by atoms with Crippen LogP contribution in [0.2, 0.25) is 0 Å². The molecule has 14 heavy (non-hydrogen) atoms. The highest BCUT2D eigenvalue weighted by atomic mass is 16.5. The lowest BCUT2D eigenvalue weighted by atomic mass is 10.2. The van der Waals surface area contributed by atoms with E-state index in [1.54, 1.807) is 7.11 Å². The van der Waals surface area contributed by atoms with Crippen molar-refractivity contribution in [2.24, 2.45) is 5.73 Å². The highest BCUT2D eigenvalue weighted by molar-refractivity contribution is 5.79. The maximum absolute atomic E-state index is 5.72. The highest BCUT2D eigenvalue weighted by Gasteiger charge is 2.07. The number of nitrogens with two attached hydrogens (primary N) is 1. The first-order chi connectivity index (χ1) is 6.70. The minimum Gasteiger partial charge on any atom is -0.497 e. The number of hydrogen-bond donors (Lipinski definition) is 1. The van der Waals surface area contributed by atoms with Crippen LogP contribution in [-0.4, -0.2) is 7.11 Å². The molecule has 0 radical (unpaired) electrons. The molecule has 3 heteroatoms. The predicted octanol–water partition coefficient (Wildman–Crippen LogP) is 2.46. The van der Waals surface area contributed by atoms with Gasteiger partial charge in [-0.15, -0.1) is 0 Å². The number of benzene rings is 1. The van der Waals surface area contributed by atoms with Gasteiger partial charge in [-0.1, -0.05) is 0 Å². The van der Waals surface area contributed by atoms with Crippen LogP contribution in [0, 0.1) is 0 Å². The van der Waals surface area contributed by atoms with E-state index in [0.717, 1.165) is 22.5 Å². The number of rotatable bonds is 2. The van der Waals surface area contributed by atoms with E-state index in [1.807, 2.05) is 31.2 Å². The van der Waals surface area contributed by atoms with E-state index in [-0.39, 0.29) is 6.04 Å². The minimum atomic E-state index is -0.0756. The zero-order chi connectivity index (χ0) is 10.1. The van der Waals surface area contributed by atoms with E-state index in [2.05, 4.69) is 0 Å². The van der Waals surface area contributed by atoms with Gasteiger partial charge >= 0.3 is 0 Å². The minimum absolute atomic E-state index is 0.0756. The molecule has 74 valence electrons. The summed E-state index contributed by atoms with van der Waals surface area (Å²) >= 11 is 0. The summed E-state index contributed by atoms with van der Waals surface area (Å²) in [4.78, 5) is 0. The molecule has 3 nitrogen and oxygen atoms in total. The summed E-state index contributed by atoms with van der Waals surface area (Å²) < 4.78 is 10.7. The maximum atomic E-state index is 5.72. The summed E-state index contributed by atoms with van der Waals surface area (Å²) in [5.41, 5.74) is 6.57. The third-order valence-corrected chi connectivity index (χ3v) is 2.19. The Bertz CT molecular complexity index is 445. The van der Waals surface area contributed by atoms with Crippen molar-refractivity contribution < 1.29 is 9.15 Å². The monoisotopic (exact) mass is 191 g/mol. The molecular formula is C11H13NO2. The number of fused-ring (bicyclic) bond motifs is 1. The standard InChI is InChI=1S/C11H13NO2/c1-7(12)11-6-8-5-9(13-2)3-4-10(8)14-11/h3-7H,12H2,1-2H3. The Morgan fingerprint density at radius 2 is 2.14 bits per heavy atom. The summed E-state index contributed by atoms with van der Waals surface area (Å²) in [7, 11) is 1.65. The van der Waals surface area contributed by atoms with E-state index in [1.165, 1.54) is 0 Å². The van der Waals surface area contributed by atoms with Crippen LogP contribution in [0.5, 0.6) is 5.75 Å². The molecule has 0 bridgehead atoms. The van der Waals surface area contributed by atoms with Gasteiger partial charge in [0.2, 0.25) is 0 Å². The third kappa shape index (κ3) is 1.46. The topological polar surface area (TPSA) is 48.4 Å². The van der Waals surface area contributed by atoms with E-state index in [9.17, 15) is 0 Å². The largest absolute Gasteiger partial charge is 0.497 e. The normalized spacial score (nSPS) is 13.1. The van der Waals surface area contributed by atoms with Crippen molar-refractivity contribution in [1.29, 1.82) is 0 Å². The van der Waals surface area contributed by atoms with Gasteiger partial charge in [-0.05, 0) is 31.2 Å². The zero-order valence-corrected chi connectivity index (χ0v) is 8.28. The second-order valence-corrected chi connectivity index (χ2v) is 3.34. The van der Waals surface area contributed by atoms with Crippen molar-refractivity contribution in [3.63, 3.8) is 0 Å². The maximum Gasteiger partial charge on any atom is 0.134 e. The summed E-state index contributed by atoms with van der Waals surface area (Å²) in [5.74, 6) is 1.63. The molecule has 0 saturated heterocycles. The predicted molar refractivity (Wildman–Crippen MR) is 55.4 cm³/mol. The Balaban J connectivity index is 2.54. The molecule has 1 aromatic carbocycles. The summed E-state index contributed by atoms with van der Waals surface area (Å²) in [6.07, 6.45) is 0.